The smallest absolute Gasteiger partial charge is 0.271 e. The first-order valence-electron chi connectivity index (χ1n) is 33.1. The zero-order chi connectivity index (χ0) is 69.0. The molecule has 9 aromatic rings. The van der Waals surface area contributed by atoms with Gasteiger partial charge in [-0.3, -0.25) is 24.0 Å². The molecule has 3 aliphatic heterocycles. The molecule has 4 aromatic carbocycles. The molecule has 506 valence electrons. The molecule has 3 amide bonds. The van der Waals surface area contributed by atoms with Gasteiger partial charge in [-0.05, 0) is 138 Å². The summed E-state index contributed by atoms with van der Waals surface area (Å²) in [6, 6.07) is 41.0. The number of anilines is 3. The summed E-state index contributed by atoms with van der Waals surface area (Å²) in [7, 11) is 8.00. The van der Waals surface area contributed by atoms with Gasteiger partial charge in [0.05, 0.1) is 50.0 Å². The third-order valence-electron chi connectivity index (χ3n) is 18.3. The number of aromatic nitrogens is 3. The molecule has 20 nitrogen and oxygen atoms in total. The summed E-state index contributed by atoms with van der Waals surface area (Å²) in [4.78, 5) is 87.0. The molecule has 5 aromatic heterocycles. The van der Waals surface area contributed by atoms with E-state index in [-0.39, 0.29) is 51.8 Å². The van der Waals surface area contributed by atoms with Gasteiger partial charge in [-0.25, -0.2) is 9.37 Å². The highest BCUT2D eigenvalue weighted by atomic mass is 35.5. The average molecular weight is 1380 g/mol. The minimum Gasteiger partial charge on any atom is -0.477 e. The lowest BCUT2D eigenvalue weighted by molar-refractivity contribution is 0.0740. The van der Waals surface area contributed by atoms with E-state index in [1.54, 1.807) is 15.5 Å². The Hall–Kier alpha value is -9.67. The number of fused-ring (bicyclic) bond motifs is 3. The van der Waals surface area contributed by atoms with Gasteiger partial charge in [-0.1, -0.05) is 73.0 Å². The highest BCUT2D eigenvalue weighted by Crippen LogP contribution is 2.38. The van der Waals surface area contributed by atoms with Gasteiger partial charge in [0.15, 0.2) is 0 Å². The molecule has 13 rings (SSSR count). The Morgan fingerprint density at radius 1 is 0.571 bits per heavy atom. The Kier molecular flexibility index (Phi) is 22.8. The number of piperazine rings is 3. The van der Waals surface area contributed by atoms with Crippen molar-refractivity contribution in [2.45, 2.75) is 51.1 Å². The lowest BCUT2D eigenvalue weighted by Gasteiger charge is -2.37. The number of pyridine rings is 3. The number of nitrogens with zero attached hydrogens (tertiary/aromatic N) is 14. The van der Waals surface area contributed by atoms with Crippen LogP contribution in [0.1, 0.15) is 91.0 Å². The number of para-hydroxylation sites is 2. The molecule has 8 heterocycles. The molecule has 0 spiro atoms. The minimum atomic E-state index is -0.366. The SMILES string of the molecule is CN(C)CCCOc1nc2ccccc2c(N2CCN(C(=O)c3ccc(F)cc3)CC2)c1C#N.CN(C)CCCn1c(=O)c(C#N)c(N2CCN(C(=O)c3cccs3)CC2)c2cc(Cl)ccc21.N#Cc1c(N2CCN(C(=O)c3cccs3)CC2)c2ccccc2n(C2CCCC2)c1=O. The van der Waals surface area contributed by atoms with Gasteiger partial charge in [0, 0.05) is 124 Å². The van der Waals surface area contributed by atoms with Gasteiger partial charge >= 0.3 is 0 Å². The van der Waals surface area contributed by atoms with E-state index in [4.69, 9.17) is 16.3 Å². The lowest BCUT2D eigenvalue weighted by atomic mass is 10.0. The van der Waals surface area contributed by atoms with Crippen molar-refractivity contribution >= 4 is 102 Å². The fraction of sp³-hybridized carbons (Fsp3) is 0.365. The predicted octanol–water partition coefficient (Wildman–Crippen LogP) is 11.1. The molecule has 3 saturated heterocycles. The zero-order valence-corrected chi connectivity index (χ0v) is 57.9. The maximum atomic E-state index is 13.4. The van der Waals surface area contributed by atoms with E-state index in [2.05, 4.69) is 42.8 Å². The van der Waals surface area contributed by atoms with Crippen LogP contribution in [0.5, 0.6) is 5.88 Å². The molecule has 1 saturated carbocycles. The van der Waals surface area contributed by atoms with Crippen LogP contribution in [0.3, 0.4) is 0 Å². The molecule has 0 N–H and O–H groups in total. The average Bonchev–Trinajstić information content (AvgIpc) is 1.19. The van der Waals surface area contributed by atoms with Crippen LogP contribution in [0, 0.1) is 39.8 Å². The van der Waals surface area contributed by atoms with E-state index in [1.165, 1.54) is 46.9 Å². The first kappa shape index (κ1) is 69.7. The normalized spacial score (nSPS) is 15.0. The van der Waals surface area contributed by atoms with Gasteiger partial charge in [-0.15, -0.1) is 22.7 Å². The van der Waals surface area contributed by atoms with Crippen LogP contribution in [0.25, 0.3) is 32.7 Å². The second kappa shape index (κ2) is 32.1. The van der Waals surface area contributed by atoms with Crippen LogP contribution in [-0.2, 0) is 6.54 Å². The maximum Gasteiger partial charge on any atom is 0.271 e. The monoisotopic (exact) mass is 1380 g/mol. The van der Waals surface area contributed by atoms with E-state index in [1.807, 2.05) is 143 Å². The number of hydrogen-bond donors (Lipinski definition) is 0. The molecule has 4 fully saturated rings. The minimum absolute atomic E-state index is 0.0226. The summed E-state index contributed by atoms with van der Waals surface area (Å²) in [5.74, 6) is -0.0647. The first-order valence-corrected chi connectivity index (χ1v) is 35.2. The summed E-state index contributed by atoms with van der Waals surface area (Å²) < 4.78 is 22.7. The molecular formula is C74H78ClFN14O6S2. The van der Waals surface area contributed by atoms with Crippen molar-refractivity contribution in [2.75, 3.05) is 141 Å². The number of hydrogen-bond acceptors (Lipinski definition) is 17. The summed E-state index contributed by atoms with van der Waals surface area (Å²) in [5, 5.41) is 37.0. The third kappa shape index (κ3) is 15.5. The number of aryl methyl sites for hydroxylation is 1. The van der Waals surface area contributed by atoms with E-state index in [0.29, 0.717) is 119 Å². The van der Waals surface area contributed by atoms with E-state index < -0.39 is 0 Å². The van der Waals surface area contributed by atoms with Gasteiger partial charge in [0.25, 0.3) is 28.8 Å². The number of ether oxygens (including phenoxy) is 1. The van der Waals surface area contributed by atoms with Crippen molar-refractivity contribution < 1.29 is 23.5 Å². The summed E-state index contributed by atoms with van der Waals surface area (Å²) in [6.45, 7) is 9.30. The second-order valence-corrected chi connectivity index (χ2v) is 27.5. The van der Waals surface area contributed by atoms with Crippen molar-refractivity contribution in [1.29, 1.82) is 15.8 Å². The molecule has 24 heteroatoms. The Balaban J connectivity index is 0.000000149. The van der Waals surface area contributed by atoms with E-state index in [0.717, 1.165) is 105 Å². The number of halogens is 2. The Morgan fingerprint density at radius 2 is 1.07 bits per heavy atom. The molecule has 4 aliphatic rings. The number of nitriles is 3. The number of rotatable bonds is 16. The van der Waals surface area contributed by atoms with Gasteiger partial charge < -0.3 is 53.1 Å². The Bertz CT molecular complexity index is 4590. The highest BCUT2D eigenvalue weighted by Gasteiger charge is 2.32. The van der Waals surface area contributed by atoms with Gasteiger partial charge in [0.2, 0.25) is 5.88 Å². The largest absolute Gasteiger partial charge is 0.477 e. The molecule has 0 radical (unpaired) electrons. The third-order valence-corrected chi connectivity index (χ3v) is 20.3. The quantitative estimate of drug-likeness (QED) is 0.0823. The number of carbonyl (C=O) groups excluding carboxylic acids is 3. The number of amides is 3. The van der Waals surface area contributed by atoms with Crippen molar-refractivity contribution in [3.63, 3.8) is 0 Å². The van der Waals surface area contributed by atoms with Crippen molar-refractivity contribution in [1.82, 2.24) is 38.6 Å². The van der Waals surface area contributed by atoms with E-state index in [9.17, 15) is 44.1 Å². The molecule has 0 atom stereocenters. The highest BCUT2D eigenvalue weighted by molar-refractivity contribution is 7.12. The summed E-state index contributed by atoms with van der Waals surface area (Å²) in [6.07, 6.45) is 5.82. The number of benzene rings is 4. The lowest BCUT2D eigenvalue weighted by Crippen LogP contribution is -2.49. The molecular weight excluding hydrogens is 1300 g/mol. The molecule has 1 aliphatic carbocycles. The second-order valence-electron chi connectivity index (χ2n) is 25.2. The standard InChI is InChI=1S/C26H28FN5O2.C24H26ClN5O2S.C24H24N4O2S/c1-30(2)12-5-17-34-25-22(18-28)24(21-6-3-4-7-23(21)29-25)31-13-15-32(16-14-31)26(33)19-8-10-20(27)11-9-19;1-27(2)8-4-9-30-20-7-6-17(25)15-18(20)22(19(16-26)23(30)31)28-10-12-29(13-11-28)24(32)21-5-3-14-33-21;25-16-19-22(26-11-13-27(14-12-26)24(30)21-10-5-15-31-21)18-8-3-4-9-20(18)28(23(19)29)17-6-1-2-7-17/h3-4,6-11H,5,12-17H2,1-2H3;3,5-7,14-15H,4,8-13H2,1-2H3;3-5,8-10,15,17H,1-2,6-7,11-14H2. The van der Waals surface area contributed by atoms with Gasteiger partial charge in [0.1, 0.15) is 40.7 Å². The van der Waals surface area contributed by atoms with E-state index >= 15 is 0 Å². The van der Waals surface area contributed by atoms with Crippen LogP contribution in [0.15, 0.2) is 136 Å². The molecule has 98 heavy (non-hydrogen) atoms. The summed E-state index contributed by atoms with van der Waals surface area (Å²) >= 11 is 9.22. The van der Waals surface area contributed by atoms with Crippen LogP contribution >= 0.6 is 34.3 Å². The topological polar surface area (TPSA) is 215 Å². The van der Waals surface area contributed by atoms with Crippen molar-refractivity contribution in [3.05, 3.63) is 190 Å². The molecule has 0 bridgehead atoms. The Morgan fingerprint density at radius 3 is 1.61 bits per heavy atom. The van der Waals surface area contributed by atoms with Crippen molar-refractivity contribution in [3.8, 4) is 24.1 Å². The predicted molar refractivity (Wildman–Crippen MR) is 386 cm³/mol. The fourth-order valence-corrected chi connectivity index (χ4v) is 15.0. The Labute approximate surface area is 582 Å². The van der Waals surface area contributed by atoms with Crippen LogP contribution in [0.2, 0.25) is 5.02 Å². The number of thiophene rings is 2. The zero-order valence-electron chi connectivity index (χ0n) is 55.5. The molecule has 0 unspecified atom stereocenters. The van der Waals surface area contributed by atoms with Crippen LogP contribution < -0.4 is 30.6 Å². The fourth-order valence-electron chi connectivity index (χ4n) is 13.5. The van der Waals surface area contributed by atoms with Crippen molar-refractivity contribution in [2.24, 2.45) is 0 Å². The van der Waals surface area contributed by atoms with Crippen LogP contribution in [-0.4, -0.2) is 183 Å². The van der Waals surface area contributed by atoms with Gasteiger partial charge in [-0.2, -0.15) is 15.8 Å². The maximum absolute atomic E-state index is 13.4. The first-order chi connectivity index (χ1) is 47.6. The van der Waals surface area contributed by atoms with Crippen LogP contribution in [0.4, 0.5) is 21.5 Å². The summed E-state index contributed by atoms with van der Waals surface area (Å²) in [5.41, 5.74) is 5.37. The number of carbonyl (C=O) groups is 3.